The molecule has 2 atom stereocenters. The molecule has 108 valence electrons. The van der Waals surface area contributed by atoms with Crippen LogP contribution in [-0.4, -0.2) is 37.1 Å². The average Bonchev–Trinajstić information content (AvgIpc) is 2.33. The van der Waals surface area contributed by atoms with Crippen LogP contribution in [-0.2, 0) is 9.47 Å². The van der Waals surface area contributed by atoms with Crippen LogP contribution in [0.4, 0.5) is 0 Å². The molecule has 18 heavy (non-hydrogen) atoms. The molecule has 0 aliphatic carbocycles. The van der Waals surface area contributed by atoms with Crippen LogP contribution in [0, 0.1) is 0 Å². The zero-order chi connectivity index (χ0) is 14.0. The monoisotopic (exact) mass is 258 g/mol. The van der Waals surface area contributed by atoms with Crippen LogP contribution in [0.3, 0.4) is 0 Å². The molecule has 0 bridgehead atoms. The number of unbranched alkanes of at least 4 members (excludes halogenated alkanes) is 1. The maximum Gasteiger partial charge on any atom is 0.106 e. The lowest BCUT2D eigenvalue weighted by Gasteiger charge is -2.33. The van der Waals surface area contributed by atoms with Crippen molar-refractivity contribution in [3.05, 3.63) is 11.6 Å². The molecule has 0 unspecified atom stereocenters. The van der Waals surface area contributed by atoms with E-state index in [4.69, 9.17) is 9.47 Å². The summed E-state index contributed by atoms with van der Waals surface area (Å²) in [6, 6.07) is 0. The predicted octanol–water partition coefficient (Wildman–Crippen LogP) is 3.32. The van der Waals surface area contributed by atoms with Gasteiger partial charge >= 0.3 is 0 Å². The molecule has 0 aromatic heterocycles. The molecule has 3 nitrogen and oxygen atoms in total. The Morgan fingerprint density at radius 3 is 2.56 bits per heavy atom. The number of hydrogen-bond acceptors (Lipinski definition) is 3. The Balaban J connectivity index is 4.12. The summed E-state index contributed by atoms with van der Waals surface area (Å²) in [6.07, 6.45) is 5.45. The lowest BCUT2D eigenvalue weighted by molar-refractivity contribution is -0.120. The normalized spacial score (nSPS) is 16.1. The maximum absolute atomic E-state index is 10.2. The van der Waals surface area contributed by atoms with Crippen molar-refractivity contribution in [3.63, 3.8) is 0 Å². The lowest BCUT2D eigenvalue weighted by Crippen LogP contribution is -2.44. The van der Waals surface area contributed by atoms with Gasteiger partial charge in [0, 0.05) is 13.7 Å². The fourth-order valence-corrected chi connectivity index (χ4v) is 1.67. The quantitative estimate of drug-likeness (QED) is 0.482. The third kappa shape index (κ3) is 7.14. The molecule has 0 radical (unpaired) electrons. The highest BCUT2D eigenvalue weighted by Crippen LogP contribution is 2.22. The molecule has 3 heteroatoms. The summed E-state index contributed by atoms with van der Waals surface area (Å²) in [7, 11) is 1.65. The number of allylic oxidation sites excluding steroid dienone is 2. The number of rotatable bonds is 10. The van der Waals surface area contributed by atoms with Gasteiger partial charge in [-0.15, -0.1) is 0 Å². The Hall–Kier alpha value is -0.380. The SMILES string of the molecule is CCCCOC[C@@H](O)[C@@](C)(CCC=C(C)C)OC. The van der Waals surface area contributed by atoms with Crippen LogP contribution in [0.5, 0.6) is 0 Å². The molecule has 0 rings (SSSR count). The van der Waals surface area contributed by atoms with Gasteiger partial charge in [0.1, 0.15) is 6.10 Å². The summed E-state index contributed by atoms with van der Waals surface area (Å²) in [5, 5.41) is 10.2. The molecule has 0 saturated carbocycles. The Morgan fingerprint density at radius 2 is 2.06 bits per heavy atom. The molecule has 0 saturated heterocycles. The molecule has 0 aliphatic heterocycles. The highest BCUT2D eigenvalue weighted by atomic mass is 16.5. The Labute approximate surface area is 112 Å². The summed E-state index contributed by atoms with van der Waals surface area (Å²) in [5.41, 5.74) is 0.764. The van der Waals surface area contributed by atoms with Crippen molar-refractivity contribution in [2.45, 2.75) is 65.1 Å². The van der Waals surface area contributed by atoms with Gasteiger partial charge in [-0.2, -0.15) is 0 Å². The standard InChI is InChI=1S/C15H30O3/c1-6-7-11-18-12-14(16)15(4,17-5)10-8-9-13(2)3/h9,14,16H,6-8,10-12H2,1-5H3/t14-,15-/m1/s1. The van der Waals surface area contributed by atoms with Crippen molar-refractivity contribution in [1.29, 1.82) is 0 Å². The van der Waals surface area contributed by atoms with Crippen molar-refractivity contribution < 1.29 is 14.6 Å². The highest BCUT2D eigenvalue weighted by molar-refractivity contribution is 4.95. The third-order valence-electron chi connectivity index (χ3n) is 3.28. The van der Waals surface area contributed by atoms with E-state index in [1.807, 2.05) is 6.92 Å². The summed E-state index contributed by atoms with van der Waals surface area (Å²) in [4.78, 5) is 0. The van der Waals surface area contributed by atoms with Gasteiger partial charge in [0.2, 0.25) is 0 Å². The second-order valence-corrected chi connectivity index (χ2v) is 5.28. The largest absolute Gasteiger partial charge is 0.388 e. The molecule has 0 aromatic rings. The number of methoxy groups -OCH3 is 1. The van der Waals surface area contributed by atoms with Gasteiger partial charge in [0.05, 0.1) is 12.2 Å². The minimum Gasteiger partial charge on any atom is -0.388 e. The van der Waals surface area contributed by atoms with E-state index in [1.54, 1.807) is 7.11 Å². The Bertz CT molecular complexity index is 234. The lowest BCUT2D eigenvalue weighted by atomic mass is 9.93. The number of aliphatic hydroxyl groups is 1. The van der Waals surface area contributed by atoms with Crippen LogP contribution < -0.4 is 0 Å². The first kappa shape index (κ1) is 17.6. The number of ether oxygens (including phenoxy) is 2. The van der Waals surface area contributed by atoms with Gasteiger partial charge in [-0.3, -0.25) is 0 Å². The summed E-state index contributed by atoms with van der Waals surface area (Å²) >= 11 is 0. The summed E-state index contributed by atoms with van der Waals surface area (Å²) in [6.45, 7) is 9.28. The van der Waals surface area contributed by atoms with E-state index >= 15 is 0 Å². The maximum atomic E-state index is 10.2. The van der Waals surface area contributed by atoms with E-state index in [0.29, 0.717) is 13.2 Å². The van der Waals surface area contributed by atoms with Gasteiger partial charge in [-0.05, 0) is 40.0 Å². The average molecular weight is 258 g/mol. The van der Waals surface area contributed by atoms with Crippen molar-refractivity contribution in [1.82, 2.24) is 0 Å². The van der Waals surface area contributed by atoms with Gasteiger partial charge in [-0.25, -0.2) is 0 Å². The molecule has 0 spiro atoms. The smallest absolute Gasteiger partial charge is 0.106 e. The molecule has 1 N–H and O–H groups in total. The van der Waals surface area contributed by atoms with Gasteiger partial charge in [0.25, 0.3) is 0 Å². The van der Waals surface area contributed by atoms with Crippen LogP contribution in [0.2, 0.25) is 0 Å². The first-order valence-corrected chi connectivity index (χ1v) is 6.90. The van der Waals surface area contributed by atoms with Crippen molar-refractivity contribution in [2.75, 3.05) is 20.3 Å². The molecular weight excluding hydrogens is 228 g/mol. The van der Waals surface area contributed by atoms with Crippen LogP contribution in [0.1, 0.15) is 53.4 Å². The van der Waals surface area contributed by atoms with E-state index in [9.17, 15) is 5.11 Å². The first-order valence-electron chi connectivity index (χ1n) is 6.90. The summed E-state index contributed by atoms with van der Waals surface area (Å²) < 4.78 is 10.9. The third-order valence-corrected chi connectivity index (χ3v) is 3.28. The molecule has 0 amide bonds. The van der Waals surface area contributed by atoms with Gasteiger partial charge < -0.3 is 14.6 Å². The van der Waals surface area contributed by atoms with Crippen LogP contribution >= 0.6 is 0 Å². The minimum atomic E-state index is -0.579. The van der Waals surface area contributed by atoms with Crippen LogP contribution in [0.15, 0.2) is 11.6 Å². The van der Waals surface area contributed by atoms with E-state index < -0.39 is 11.7 Å². The van der Waals surface area contributed by atoms with E-state index in [1.165, 1.54) is 5.57 Å². The fraction of sp³-hybridized carbons (Fsp3) is 0.867. The second-order valence-electron chi connectivity index (χ2n) is 5.28. The van der Waals surface area contributed by atoms with Crippen molar-refractivity contribution >= 4 is 0 Å². The topological polar surface area (TPSA) is 38.7 Å². The zero-order valence-electron chi connectivity index (χ0n) is 12.7. The Morgan fingerprint density at radius 1 is 1.39 bits per heavy atom. The number of aliphatic hydroxyl groups excluding tert-OH is 1. The Kier molecular flexibility index (Phi) is 9.34. The molecule has 0 heterocycles. The summed E-state index contributed by atoms with van der Waals surface area (Å²) in [5.74, 6) is 0. The van der Waals surface area contributed by atoms with E-state index in [2.05, 4.69) is 26.8 Å². The number of hydrogen-bond donors (Lipinski definition) is 1. The van der Waals surface area contributed by atoms with Crippen molar-refractivity contribution in [2.24, 2.45) is 0 Å². The zero-order valence-corrected chi connectivity index (χ0v) is 12.7. The van der Waals surface area contributed by atoms with Crippen LogP contribution in [0.25, 0.3) is 0 Å². The van der Waals surface area contributed by atoms with E-state index in [-0.39, 0.29) is 0 Å². The molecule has 0 aliphatic rings. The molecular formula is C15H30O3. The fourth-order valence-electron chi connectivity index (χ4n) is 1.67. The highest BCUT2D eigenvalue weighted by Gasteiger charge is 2.32. The van der Waals surface area contributed by atoms with Gasteiger partial charge in [0.15, 0.2) is 0 Å². The van der Waals surface area contributed by atoms with Crippen molar-refractivity contribution in [3.8, 4) is 0 Å². The molecule has 0 aromatic carbocycles. The minimum absolute atomic E-state index is 0.346. The molecule has 0 fully saturated rings. The van der Waals surface area contributed by atoms with E-state index in [0.717, 1.165) is 25.7 Å². The van der Waals surface area contributed by atoms with Gasteiger partial charge in [-0.1, -0.05) is 25.0 Å². The first-order chi connectivity index (χ1) is 8.46. The second kappa shape index (κ2) is 9.54. The predicted molar refractivity (Wildman–Crippen MR) is 75.8 cm³/mol.